The molecule has 0 heterocycles. The van der Waals surface area contributed by atoms with E-state index in [1.807, 2.05) is 21.1 Å². The first kappa shape index (κ1) is 59.0. The van der Waals surface area contributed by atoms with Gasteiger partial charge in [-0.15, -0.1) is 0 Å². The van der Waals surface area contributed by atoms with Crippen molar-refractivity contribution in [3.63, 3.8) is 0 Å². The van der Waals surface area contributed by atoms with Gasteiger partial charge in [0.2, 0.25) is 0 Å². The van der Waals surface area contributed by atoms with E-state index in [0.717, 1.165) is 64.2 Å². The molecule has 0 radical (unpaired) electrons. The summed E-state index contributed by atoms with van der Waals surface area (Å²) in [6, 6.07) is -0.622. The van der Waals surface area contributed by atoms with Gasteiger partial charge >= 0.3 is 17.9 Å². The van der Waals surface area contributed by atoms with Gasteiger partial charge in [-0.05, 0) is 64.2 Å². The minimum atomic E-state index is -0.880. The van der Waals surface area contributed by atoms with Crippen LogP contribution in [0.25, 0.3) is 0 Å². The van der Waals surface area contributed by atoms with Crippen molar-refractivity contribution in [3.8, 4) is 0 Å². The maximum absolute atomic E-state index is 12.8. The first-order valence-corrected chi connectivity index (χ1v) is 25.4. The molecule has 358 valence electrons. The second-order valence-corrected chi connectivity index (χ2v) is 18.2. The summed E-state index contributed by atoms with van der Waals surface area (Å²) < 4.78 is 17.3. The van der Waals surface area contributed by atoms with Crippen LogP contribution in [0.2, 0.25) is 0 Å². The zero-order valence-electron chi connectivity index (χ0n) is 40.8. The van der Waals surface area contributed by atoms with E-state index in [0.29, 0.717) is 19.3 Å². The number of likely N-dealkylation sites (N-methyl/N-ethyl adjacent to an activating group) is 1. The van der Waals surface area contributed by atoms with Crippen LogP contribution in [0.4, 0.5) is 0 Å². The molecular formula is C54H96NO7+. The number of quaternary nitrogens is 1. The molecule has 2 atom stereocenters. The van der Waals surface area contributed by atoms with Crippen LogP contribution < -0.4 is 0 Å². The van der Waals surface area contributed by atoms with Gasteiger partial charge in [0.1, 0.15) is 6.61 Å². The van der Waals surface area contributed by atoms with E-state index in [4.69, 9.17) is 14.2 Å². The second-order valence-electron chi connectivity index (χ2n) is 18.2. The molecule has 62 heavy (non-hydrogen) atoms. The molecule has 8 heteroatoms. The van der Waals surface area contributed by atoms with Gasteiger partial charge in [0.25, 0.3) is 0 Å². The number of ether oxygens (including phenoxy) is 3. The highest BCUT2D eigenvalue weighted by atomic mass is 16.6. The molecule has 0 amide bonds. The van der Waals surface area contributed by atoms with Crippen molar-refractivity contribution in [1.82, 2.24) is 0 Å². The maximum atomic E-state index is 12.8. The second kappa shape index (κ2) is 44.6. The molecule has 0 fully saturated rings. The van der Waals surface area contributed by atoms with Crippen molar-refractivity contribution < 1.29 is 38.2 Å². The Labute approximate surface area is 381 Å². The summed E-state index contributed by atoms with van der Waals surface area (Å²) in [6.07, 6.45) is 55.5. The van der Waals surface area contributed by atoms with Gasteiger partial charge in [0, 0.05) is 19.3 Å². The number of esters is 2. The van der Waals surface area contributed by atoms with Crippen molar-refractivity contribution in [2.75, 3.05) is 41.0 Å². The van der Waals surface area contributed by atoms with Crippen LogP contribution in [0.1, 0.15) is 213 Å². The molecule has 0 saturated carbocycles. The summed E-state index contributed by atoms with van der Waals surface area (Å²) in [4.78, 5) is 37.1. The first-order chi connectivity index (χ1) is 30.1. The lowest BCUT2D eigenvalue weighted by molar-refractivity contribution is -0.887. The molecule has 0 saturated heterocycles. The van der Waals surface area contributed by atoms with Crippen LogP contribution in [-0.4, -0.2) is 80.6 Å². The Kier molecular flexibility index (Phi) is 42.5. The van der Waals surface area contributed by atoms with Gasteiger partial charge in [-0.2, -0.15) is 0 Å². The van der Waals surface area contributed by atoms with Gasteiger partial charge in [-0.25, -0.2) is 4.79 Å². The van der Waals surface area contributed by atoms with Crippen LogP contribution in [0.3, 0.4) is 0 Å². The van der Waals surface area contributed by atoms with Crippen molar-refractivity contribution in [2.24, 2.45) is 0 Å². The summed E-state index contributed by atoms with van der Waals surface area (Å²) in [6.45, 7) is 4.68. The molecule has 0 bridgehead atoms. The number of allylic oxidation sites excluding steroid dienone is 10. The smallest absolute Gasteiger partial charge is 0.362 e. The fourth-order valence-corrected chi connectivity index (χ4v) is 7.28. The summed E-state index contributed by atoms with van der Waals surface area (Å²) in [7, 11) is 5.52. The normalized spacial score (nSPS) is 13.4. The number of hydrogen-bond donors (Lipinski definition) is 1. The van der Waals surface area contributed by atoms with Crippen LogP contribution >= 0.6 is 0 Å². The molecule has 1 N–H and O–H groups in total. The van der Waals surface area contributed by atoms with Crippen molar-refractivity contribution in [1.29, 1.82) is 0 Å². The minimum absolute atomic E-state index is 0.0484. The van der Waals surface area contributed by atoms with Gasteiger partial charge < -0.3 is 23.8 Å². The molecule has 0 spiro atoms. The molecule has 0 aromatic rings. The molecule has 0 rings (SSSR count). The third kappa shape index (κ3) is 42.3. The molecule has 0 aliphatic rings. The van der Waals surface area contributed by atoms with Gasteiger partial charge in [-0.1, -0.05) is 190 Å². The Morgan fingerprint density at radius 1 is 0.484 bits per heavy atom. The number of carbonyl (C=O) groups is 3. The summed E-state index contributed by atoms with van der Waals surface area (Å²) >= 11 is 0. The van der Waals surface area contributed by atoms with Crippen LogP contribution in [0.15, 0.2) is 60.8 Å². The number of unbranched alkanes of at least 4 members (excludes halogenated alkanes) is 24. The van der Waals surface area contributed by atoms with Crippen LogP contribution in [0, 0.1) is 0 Å². The summed E-state index contributed by atoms with van der Waals surface area (Å²) in [5.41, 5.74) is 0. The van der Waals surface area contributed by atoms with E-state index in [-0.39, 0.29) is 36.2 Å². The Hall–Kier alpha value is -2.97. The fraction of sp³-hybridized carbons (Fsp3) is 0.759. The van der Waals surface area contributed by atoms with Gasteiger partial charge in [0.05, 0.1) is 34.4 Å². The van der Waals surface area contributed by atoms with E-state index >= 15 is 0 Å². The van der Waals surface area contributed by atoms with E-state index < -0.39 is 18.1 Å². The average molecular weight is 871 g/mol. The minimum Gasteiger partial charge on any atom is -0.477 e. The SMILES string of the molecule is CCCCC/C=C/C=C/C=C/C=C/CCCCCCCC(=O)OC(COCCC(C(=O)O)[N+](C)(C)C)COC(=O)CCCCCCCCC/C=C/CCCCCCCCCCC. The Morgan fingerprint density at radius 3 is 1.34 bits per heavy atom. The predicted octanol–water partition coefficient (Wildman–Crippen LogP) is 14.5. The average Bonchev–Trinajstić information content (AvgIpc) is 3.23. The summed E-state index contributed by atoms with van der Waals surface area (Å²) in [5.74, 6) is -1.50. The highest BCUT2D eigenvalue weighted by molar-refractivity contribution is 5.72. The largest absolute Gasteiger partial charge is 0.477 e. The van der Waals surface area contributed by atoms with Crippen molar-refractivity contribution in [2.45, 2.75) is 225 Å². The molecule has 0 aliphatic heterocycles. The lowest BCUT2D eigenvalue weighted by Crippen LogP contribution is -2.50. The number of hydrogen-bond acceptors (Lipinski definition) is 6. The molecular weight excluding hydrogens is 775 g/mol. The number of carboxylic acids is 1. The van der Waals surface area contributed by atoms with Crippen LogP contribution in [-0.2, 0) is 28.6 Å². The predicted molar refractivity (Wildman–Crippen MR) is 261 cm³/mol. The zero-order chi connectivity index (χ0) is 45.6. The van der Waals surface area contributed by atoms with E-state index in [9.17, 15) is 19.5 Å². The topological polar surface area (TPSA) is 99.1 Å². The standard InChI is InChI=1S/C54H95NO7/c1-6-8-10-12-14-16-18-20-22-24-26-27-29-30-32-34-36-38-40-42-44-52(56)61-49-50(48-60-47-46-51(54(58)59)55(3,4)5)62-53(57)45-43-41-39-37-35-33-31-28-25-23-21-19-17-15-13-11-9-7-2/h15,17,19,21,23,25-28,31,50-51H,6-14,16,18,20,22,24,29-30,32-49H2,1-5H3/p+1/b17-15+,21-19+,25-23+,27-26+,31-28+. The lowest BCUT2D eigenvalue weighted by Gasteiger charge is -2.31. The highest BCUT2D eigenvalue weighted by Crippen LogP contribution is 2.15. The number of aliphatic carboxylic acids is 1. The third-order valence-corrected chi connectivity index (χ3v) is 11.2. The number of carboxylic acid groups (broad SMARTS) is 1. The maximum Gasteiger partial charge on any atom is 0.362 e. The zero-order valence-corrected chi connectivity index (χ0v) is 40.8. The van der Waals surface area contributed by atoms with Crippen molar-refractivity contribution in [3.05, 3.63) is 60.8 Å². The van der Waals surface area contributed by atoms with Gasteiger partial charge in [-0.3, -0.25) is 9.59 Å². The van der Waals surface area contributed by atoms with Crippen molar-refractivity contribution >= 4 is 17.9 Å². The molecule has 0 aromatic heterocycles. The third-order valence-electron chi connectivity index (χ3n) is 11.2. The fourth-order valence-electron chi connectivity index (χ4n) is 7.28. The number of rotatable bonds is 45. The molecule has 8 nitrogen and oxygen atoms in total. The summed E-state index contributed by atoms with van der Waals surface area (Å²) in [5, 5.41) is 9.65. The highest BCUT2D eigenvalue weighted by Gasteiger charge is 2.31. The Bertz CT molecular complexity index is 1200. The molecule has 0 aliphatic carbocycles. The number of carbonyl (C=O) groups excluding carboxylic acids is 2. The monoisotopic (exact) mass is 871 g/mol. The Morgan fingerprint density at radius 2 is 0.871 bits per heavy atom. The quantitative estimate of drug-likeness (QED) is 0.0214. The lowest BCUT2D eigenvalue weighted by atomic mass is 10.1. The first-order valence-electron chi connectivity index (χ1n) is 25.4. The van der Waals surface area contributed by atoms with E-state index in [1.54, 1.807) is 0 Å². The number of nitrogens with zero attached hydrogens (tertiary/aromatic N) is 1. The van der Waals surface area contributed by atoms with E-state index in [2.05, 4.69) is 74.6 Å². The van der Waals surface area contributed by atoms with Crippen LogP contribution in [0.5, 0.6) is 0 Å². The van der Waals surface area contributed by atoms with E-state index in [1.165, 1.54) is 116 Å². The molecule has 2 unspecified atom stereocenters. The van der Waals surface area contributed by atoms with Gasteiger partial charge in [0.15, 0.2) is 12.1 Å². The Balaban J connectivity index is 4.31. The molecule has 0 aromatic carbocycles.